The molecular formula is C12H13N3O6. The Morgan fingerprint density at radius 1 is 1.33 bits per heavy atom. The zero-order valence-corrected chi connectivity index (χ0v) is 10.8. The van der Waals surface area contributed by atoms with Gasteiger partial charge in [-0.15, -0.1) is 0 Å². The van der Waals surface area contributed by atoms with Crippen molar-refractivity contribution in [2.24, 2.45) is 5.11 Å². The van der Waals surface area contributed by atoms with E-state index in [2.05, 4.69) is 10.4 Å². The van der Waals surface area contributed by atoms with Crippen molar-refractivity contribution in [3.8, 4) is 5.75 Å². The lowest BCUT2D eigenvalue weighted by Crippen LogP contribution is -2.36. The Kier molecular flexibility index (Phi) is 5.80. The second kappa shape index (κ2) is 7.58. The highest BCUT2D eigenvalue weighted by molar-refractivity contribution is 5.76. The molecule has 0 aliphatic rings. The van der Waals surface area contributed by atoms with Crippen molar-refractivity contribution in [3.63, 3.8) is 0 Å². The summed E-state index contributed by atoms with van der Waals surface area (Å²) in [5.41, 5.74) is 7.10. The van der Waals surface area contributed by atoms with Gasteiger partial charge in [-0.1, -0.05) is 12.1 Å². The van der Waals surface area contributed by atoms with Crippen LogP contribution in [0.4, 0.5) is 4.79 Å². The number of nitrogens with zero attached hydrogens (tertiary/aromatic N) is 1. The monoisotopic (exact) mass is 295 g/mol. The lowest BCUT2D eigenvalue weighted by atomic mass is 10.1. The van der Waals surface area contributed by atoms with E-state index in [9.17, 15) is 14.4 Å². The van der Waals surface area contributed by atoms with E-state index in [1.165, 1.54) is 18.2 Å². The number of nitrogens with one attached hydrogen (secondary N) is 2. The van der Waals surface area contributed by atoms with E-state index in [1.807, 2.05) is 0 Å². The van der Waals surface area contributed by atoms with E-state index < -0.39 is 24.1 Å². The number of amides is 1. The van der Waals surface area contributed by atoms with E-state index in [0.717, 1.165) is 0 Å². The number of hydrogen-bond acceptors (Lipinski definition) is 6. The molecule has 1 aromatic rings. The van der Waals surface area contributed by atoms with Crippen LogP contribution in [0.5, 0.6) is 5.75 Å². The fraction of sp³-hybridized carbons (Fsp3) is 0.250. The number of carboxylic acids is 2. The third-order valence-electron chi connectivity index (χ3n) is 2.34. The SMILES string of the molecule is N=N[C@H](CNC(=O)Oc1cccc(CC(=O)O)c1)C(=O)O. The molecule has 9 heteroatoms. The van der Waals surface area contributed by atoms with Gasteiger partial charge in [-0.25, -0.2) is 15.1 Å². The van der Waals surface area contributed by atoms with E-state index in [1.54, 1.807) is 6.07 Å². The lowest BCUT2D eigenvalue weighted by Gasteiger charge is -2.09. The van der Waals surface area contributed by atoms with Gasteiger partial charge in [0, 0.05) is 0 Å². The predicted octanol–water partition coefficient (Wildman–Crippen LogP) is 0.886. The average molecular weight is 295 g/mol. The molecule has 1 rings (SSSR count). The first-order chi connectivity index (χ1) is 9.92. The van der Waals surface area contributed by atoms with Crippen molar-refractivity contribution in [1.29, 1.82) is 5.53 Å². The van der Waals surface area contributed by atoms with E-state index in [4.69, 9.17) is 20.5 Å². The number of carboxylic acid groups (broad SMARTS) is 2. The minimum Gasteiger partial charge on any atom is -0.481 e. The van der Waals surface area contributed by atoms with Crippen LogP contribution in [-0.4, -0.2) is 40.8 Å². The van der Waals surface area contributed by atoms with E-state index in [0.29, 0.717) is 5.56 Å². The maximum absolute atomic E-state index is 11.4. The maximum Gasteiger partial charge on any atom is 0.412 e. The van der Waals surface area contributed by atoms with E-state index >= 15 is 0 Å². The van der Waals surface area contributed by atoms with Gasteiger partial charge in [-0.05, 0) is 17.7 Å². The number of carbonyl (C=O) groups is 3. The Hall–Kier alpha value is -2.97. The molecule has 0 aliphatic heterocycles. The van der Waals surface area contributed by atoms with Crippen LogP contribution in [-0.2, 0) is 16.0 Å². The molecular weight excluding hydrogens is 282 g/mol. The molecule has 21 heavy (non-hydrogen) atoms. The van der Waals surface area contributed by atoms with Crippen LogP contribution >= 0.6 is 0 Å². The summed E-state index contributed by atoms with van der Waals surface area (Å²) >= 11 is 0. The quantitative estimate of drug-likeness (QED) is 0.548. The van der Waals surface area contributed by atoms with Crippen LogP contribution in [0.15, 0.2) is 29.4 Å². The summed E-state index contributed by atoms with van der Waals surface area (Å²) in [6.45, 7) is -0.382. The van der Waals surface area contributed by atoms with Crippen molar-refractivity contribution < 1.29 is 29.3 Å². The maximum atomic E-state index is 11.4. The van der Waals surface area contributed by atoms with Gasteiger partial charge < -0.3 is 20.3 Å². The van der Waals surface area contributed by atoms with Crippen molar-refractivity contribution in [2.75, 3.05) is 6.54 Å². The van der Waals surface area contributed by atoms with Gasteiger partial charge in [0.15, 0.2) is 6.04 Å². The Morgan fingerprint density at radius 2 is 2.05 bits per heavy atom. The third kappa shape index (κ3) is 5.68. The summed E-state index contributed by atoms with van der Waals surface area (Å²) in [5, 5.41) is 22.3. The summed E-state index contributed by atoms with van der Waals surface area (Å²) in [6.07, 6.45) is -1.13. The van der Waals surface area contributed by atoms with Gasteiger partial charge in [0.25, 0.3) is 0 Å². The number of benzene rings is 1. The molecule has 0 fully saturated rings. The van der Waals surface area contributed by atoms with Crippen LogP contribution in [0.2, 0.25) is 0 Å². The molecule has 1 atom stereocenters. The highest BCUT2D eigenvalue weighted by atomic mass is 16.6. The molecule has 0 spiro atoms. The first-order valence-electron chi connectivity index (χ1n) is 5.78. The van der Waals surface area contributed by atoms with Crippen LogP contribution in [0.3, 0.4) is 0 Å². The van der Waals surface area contributed by atoms with Gasteiger partial charge >= 0.3 is 18.0 Å². The van der Waals surface area contributed by atoms with Crippen LogP contribution in [0.25, 0.3) is 0 Å². The van der Waals surface area contributed by atoms with Gasteiger partial charge in [-0.3, -0.25) is 4.79 Å². The minimum absolute atomic E-state index is 0.126. The topological polar surface area (TPSA) is 149 Å². The Bertz CT molecular complexity index is 560. The summed E-state index contributed by atoms with van der Waals surface area (Å²) in [4.78, 5) is 32.6. The fourth-order valence-corrected chi connectivity index (χ4v) is 1.40. The van der Waals surface area contributed by atoms with Crippen LogP contribution < -0.4 is 10.1 Å². The van der Waals surface area contributed by atoms with Crippen molar-refractivity contribution in [1.82, 2.24) is 5.32 Å². The second-order valence-corrected chi connectivity index (χ2v) is 3.97. The number of hydrogen-bond donors (Lipinski definition) is 4. The first-order valence-corrected chi connectivity index (χ1v) is 5.78. The molecule has 0 radical (unpaired) electrons. The number of rotatable bonds is 7. The molecule has 0 aliphatic carbocycles. The number of ether oxygens (including phenoxy) is 1. The molecule has 0 unspecified atom stereocenters. The minimum atomic E-state index is -1.38. The summed E-state index contributed by atoms with van der Waals surface area (Å²) < 4.78 is 4.87. The number of aliphatic carboxylic acids is 2. The van der Waals surface area contributed by atoms with Crippen LogP contribution in [0.1, 0.15) is 5.56 Å². The smallest absolute Gasteiger partial charge is 0.412 e. The molecule has 0 saturated heterocycles. The van der Waals surface area contributed by atoms with Crippen molar-refractivity contribution in [3.05, 3.63) is 29.8 Å². The molecule has 1 aromatic carbocycles. The highest BCUT2D eigenvalue weighted by Crippen LogP contribution is 2.14. The molecule has 0 aromatic heterocycles. The standard InChI is InChI=1S/C12H13N3O6/c13-15-9(11(18)19)6-14-12(20)21-8-3-1-2-7(4-8)5-10(16)17/h1-4,9,13H,5-6H2,(H,14,20)(H,16,17)(H,18,19)/t9-/m1/s1. The van der Waals surface area contributed by atoms with Crippen molar-refractivity contribution in [2.45, 2.75) is 12.5 Å². The largest absolute Gasteiger partial charge is 0.481 e. The Labute approximate surface area is 119 Å². The Balaban J connectivity index is 2.56. The van der Waals surface area contributed by atoms with Gasteiger partial charge in [-0.2, -0.15) is 5.11 Å². The normalized spacial score (nSPS) is 11.2. The summed E-state index contributed by atoms with van der Waals surface area (Å²) in [7, 11) is 0. The lowest BCUT2D eigenvalue weighted by molar-refractivity contribution is -0.138. The molecule has 9 nitrogen and oxygen atoms in total. The zero-order chi connectivity index (χ0) is 15.8. The number of carbonyl (C=O) groups excluding carboxylic acids is 1. The van der Waals surface area contributed by atoms with E-state index in [-0.39, 0.29) is 18.7 Å². The van der Waals surface area contributed by atoms with Crippen molar-refractivity contribution >= 4 is 18.0 Å². The van der Waals surface area contributed by atoms with Crippen LogP contribution in [0, 0.1) is 5.53 Å². The first kappa shape index (κ1) is 16.1. The molecule has 4 N–H and O–H groups in total. The average Bonchev–Trinajstić information content (AvgIpc) is 2.38. The molecule has 0 heterocycles. The predicted molar refractivity (Wildman–Crippen MR) is 68.4 cm³/mol. The summed E-state index contributed by atoms with van der Waals surface area (Å²) in [5.74, 6) is -2.23. The molecule has 112 valence electrons. The highest BCUT2D eigenvalue weighted by Gasteiger charge is 2.17. The summed E-state index contributed by atoms with van der Waals surface area (Å²) in [6, 6.07) is 4.56. The van der Waals surface area contributed by atoms with Gasteiger partial charge in [0.1, 0.15) is 5.75 Å². The molecule has 1 amide bonds. The second-order valence-electron chi connectivity index (χ2n) is 3.97. The molecule has 0 saturated carbocycles. The van der Waals surface area contributed by atoms with Gasteiger partial charge in [0.05, 0.1) is 13.0 Å². The fourth-order valence-electron chi connectivity index (χ4n) is 1.40. The van der Waals surface area contributed by atoms with Gasteiger partial charge in [0.2, 0.25) is 0 Å². The zero-order valence-electron chi connectivity index (χ0n) is 10.8. The molecule has 0 bridgehead atoms. The third-order valence-corrected chi connectivity index (χ3v) is 2.34. The Morgan fingerprint density at radius 3 is 2.62 bits per heavy atom.